The zero-order valence-corrected chi connectivity index (χ0v) is 13.5. The molecule has 1 heterocycles. The summed E-state index contributed by atoms with van der Waals surface area (Å²) in [5, 5.41) is 9.17. The van der Waals surface area contributed by atoms with E-state index in [1.807, 2.05) is 19.1 Å². The van der Waals surface area contributed by atoms with Gasteiger partial charge in [-0.1, -0.05) is 36.0 Å². The summed E-state index contributed by atoms with van der Waals surface area (Å²) < 4.78 is 0. The topological polar surface area (TPSA) is 27.0 Å². The Kier molecular flexibility index (Phi) is 3.33. The molecule has 3 aromatic rings. The van der Waals surface area contributed by atoms with E-state index in [1.165, 1.54) is 21.2 Å². The lowest BCUT2D eigenvalue weighted by Gasteiger charge is -2.33. The van der Waals surface area contributed by atoms with Gasteiger partial charge in [-0.05, 0) is 55.0 Å². The van der Waals surface area contributed by atoms with Gasteiger partial charge in [0.05, 0.1) is 23.0 Å². The maximum Gasteiger partial charge on any atom is 0.0994 e. The molecular weight excluding hydrogens is 300 g/mol. The van der Waals surface area contributed by atoms with Gasteiger partial charge in [0, 0.05) is 15.5 Å². The van der Waals surface area contributed by atoms with Crippen LogP contribution in [0, 0.1) is 18.3 Å². The quantitative estimate of drug-likeness (QED) is 0.444. The molecule has 0 amide bonds. The monoisotopic (exact) mass is 314 g/mol. The van der Waals surface area contributed by atoms with Crippen LogP contribution in [-0.2, 0) is 0 Å². The number of anilines is 3. The van der Waals surface area contributed by atoms with Crippen LogP contribution in [-0.4, -0.2) is 0 Å². The molecule has 23 heavy (non-hydrogen) atoms. The number of benzene rings is 3. The molecule has 1 aliphatic rings. The zero-order valence-electron chi connectivity index (χ0n) is 12.7. The average molecular weight is 314 g/mol. The molecule has 0 saturated heterocycles. The van der Waals surface area contributed by atoms with Gasteiger partial charge in [0.15, 0.2) is 0 Å². The van der Waals surface area contributed by atoms with Crippen molar-refractivity contribution in [1.82, 2.24) is 0 Å². The Morgan fingerprint density at radius 2 is 1.48 bits per heavy atom. The molecule has 4 rings (SSSR count). The molecule has 3 heteroatoms. The molecule has 1 aliphatic heterocycles. The molecule has 0 spiro atoms. The van der Waals surface area contributed by atoms with Gasteiger partial charge in [-0.3, -0.25) is 0 Å². The third-order valence-corrected chi connectivity index (χ3v) is 5.15. The second kappa shape index (κ2) is 5.49. The predicted octanol–water partition coefficient (Wildman–Crippen LogP) is 5.80. The first-order valence-electron chi connectivity index (χ1n) is 7.45. The van der Waals surface area contributed by atoms with Gasteiger partial charge >= 0.3 is 0 Å². The SMILES string of the molecule is Cc1cc(N2c3ccccc3Sc3ccccc32)ccc1C#N. The lowest BCUT2D eigenvalue weighted by atomic mass is 10.1. The molecule has 0 N–H and O–H groups in total. The van der Waals surface area contributed by atoms with Crippen molar-refractivity contribution in [2.24, 2.45) is 0 Å². The third-order valence-electron chi connectivity index (χ3n) is 4.02. The molecule has 0 unspecified atom stereocenters. The number of aryl methyl sites for hydroxylation is 1. The third kappa shape index (κ3) is 2.28. The molecule has 0 aromatic heterocycles. The summed E-state index contributed by atoms with van der Waals surface area (Å²) >= 11 is 1.80. The highest BCUT2D eigenvalue weighted by molar-refractivity contribution is 7.99. The number of fused-ring (bicyclic) bond motifs is 2. The molecule has 0 bridgehead atoms. The standard InChI is InChI=1S/C20H14N2S/c1-14-12-16(11-10-15(14)13-21)22-17-6-2-4-8-19(17)23-20-9-5-3-7-18(20)22/h2-12H,1H3. The van der Waals surface area contributed by atoms with E-state index in [2.05, 4.69) is 65.6 Å². The maximum absolute atomic E-state index is 9.17. The normalized spacial score (nSPS) is 12.3. The van der Waals surface area contributed by atoms with Gasteiger partial charge in [-0.2, -0.15) is 5.26 Å². The Hall–Kier alpha value is -2.70. The van der Waals surface area contributed by atoms with E-state index in [1.54, 1.807) is 11.8 Å². The molecule has 2 nitrogen and oxygen atoms in total. The van der Waals surface area contributed by atoms with Crippen molar-refractivity contribution in [3.63, 3.8) is 0 Å². The van der Waals surface area contributed by atoms with E-state index < -0.39 is 0 Å². The van der Waals surface area contributed by atoms with Gasteiger partial charge in [-0.15, -0.1) is 0 Å². The van der Waals surface area contributed by atoms with Crippen molar-refractivity contribution < 1.29 is 0 Å². The zero-order chi connectivity index (χ0) is 15.8. The lowest BCUT2D eigenvalue weighted by Crippen LogP contribution is -2.14. The highest BCUT2D eigenvalue weighted by Crippen LogP contribution is 2.51. The van der Waals surface area contributed by atoms with Gasteiger partial charge in [0.2, 0.25) is 0 Å². The molecule has 0 saturated carbocycles. The first kappa shape index (κ1) is 13.9. The summed E-state index contributed by atoms with van der Waals surface area (Å²) in [5.74, 6) is 0. The minimum absolute atomic E-state index is 0.724. The molecule has 3 aromatic carbocycles. The van der Waals surface area contributed by atoms with Crippen LogP contribution in [0.25, 0.3) is 0 Å². The minimum atomic E-state index is 0.724. The van der Waals surface area contributed by atoms with Crippen molar-refractivity contribution >= 4 is 28.8 Å². The Morgan fingerprint density at radius 1 is 0.870 bits per heavy atom. The van der Waals surface area contributed by atoms with E-state index in [0.29, 0.717) is 0 Å². The summed E-state index contributed by atoms with van der Waals surface area (Å²) in [5.41, 5.74) is 5.17. The molecule has 0 fully saturated rings. The molecule has 110 valence electrons. The summed E-state index contributed by atoms with van der Waals surface area (Å²) in [6.45, 7) is 1.98. The van der Waals surface area contributed by atoms with E-state index in [-0.39, 0.29) is 0 Å². The van der Waals surface area contributed by atoms with E-state index in [0.717, 1.165) is 16.8 Å². The van der Waals surface area contributed by atoms with Gasteiger partial charge in [0.25, 0.3) is 0 Å². The van der Waals surface area contributed by atoms with E-state index in [4.69, 9.17) is 5.26 Å². The Balaban J connectivity index is 1.94. The van der Waals surface area contributed by atoms with Crippen LogP contribution in [0.15, 0.2) is 76.5 Å². The minimum Gasteiger partial charge on any atom is -0.308 e. The molecular formula is C20H14N2S. The number of nitrogens with zero attached hydrogens (tertiary/aromatic N) is 2. The summed E-state index contributed by atoms with van der Waals surface area (Å²) in [6, 6.07) is 25.1. The van der Waals surface area contributed by atoms with Crippen molar-refractivity contribution in [2.45, 2.75) is 16.7 Å². The van der Waals surface area contributed by atoms with E-state index >= 15 is 0 Å². The number of para-hydroxylation sites is 2. The first-order valence-corrected chi connectivity index (χ1v) is 8.26. The summed E-state index contributed by atoms with van der Waals surface area (Å²) in [6.07, 6.45) is 0. The van der Waals surface area contributed by atoms with Crippen molar-refractivity contribution in [1.29, 1.82) is 5.26 Å². The fraction of sp³-hybridized carbons (Fsp3) is 0.0500. The molecule has 0 radical (unpaired) electrons. The fourth-order valence-corrected chi connectivity index (χ4v) is 3.95. The van der Waals surface area contributed by atoms with Crippen LogP contribution in [0.4, 0.5) is 17.1 Å². The summed E-state index contributed by atoms with van der Waals surface area (Å²) in [4.78, 5) is 4.76. The highest BCUT2D eigenvalue weighted by atomic mass is 32.2. The van der Waals surface area contributed by atoms with Crippen LogP contribution in [0.5, 0.6) is 0 Å². The predicted molar refractivity (Wildman–Crippen MR) is 94.7 cm³/mol. The van der Waals surface area contributed by atoms with Crippen molar-refractivity contribution in [3.05, 3.63) is 77.9 Å². The number of hydrogen-bond acceptors (Lipinski definition) is 3. The van der Waals surface area contributed by atoms with Crippen molar-refractivity contribution in [2.75, 3.05) is 4.90 Å². The number of hydrogen-bond donors (Lipinski definition) is 0. The van der Waals surface area contributed by atoms with Gasteiger partial charge in [0.1, 0.15) is 0 Å². The average Bonchev–Trinajstić information content (AvgIpc) is 2.59. The van der Waals surface area contributed by atoms with Crippen LogP contribution in [0.3, 0.4) is 0 Å². The van der Waals surface area contributed by atoms with Crippen LogP contribution >= 0.6 is 11.8 Å². The van der Waals surface area contributed by atoms with Gasteiger partial charge < -0.3 is 4.90 Å². The molecule has 0 aliphatic carbocycles. The summed E-state index contributed by atoms with van der Waals surface area (Å²) in [7, 11) is 0. The van der Waals surface area contributed by atoms with Gasteiger partial charge in [-0.25, -0.2) is 0 Å². The highest BCUT2D eigenvalue weighted by Gasteiger charge is 2.24. The second-order valence-corrected chi connectivity index (χ2v) is 6.57. The van der Waals surface area contributed by atoms with Crippen LogP contribution in [0.1, 0.15) is 11.1 Å². The van der Waals surface area contributed by atoms with Crippen LogP contribution in [0.2, 0.25) is 0 Å². The van der Waals surface area contributed by atoms with E-state index in [9.17, 15) is 0 Å². The Bertz CT molecular complexity index is 895. The maximum atomic E-state index is 9.17. The lowest BCUT2D eigenvalue weighted by molar-refractivity contribution is 1.16. The smallest absolute Gasteiger partial charge is 0.0994 e. The van der Waals surface area contributed by atoms with Crippen LogP contribution < -0.4 is 4.90 Å². The number of nitriles is 1. The Labute approximate surface area is 140 Å². The second-order valence-electron chi connectivity index (χ2n) is 5.48. The van der Waals surface area contributed by atoms with Crippen molar-refractivity contribution in [3.8, 4) is 6.07 Å². The first-order chi connectivity index (χ1) is 11.3. The fourth-order valence-electron chi connectivity index (χ4n) is 2.90. The Morgan fingerprint density at radius 3 is 2.04 bits per heavy atom. The number of rotatable bonds is 1. The largest absolute Gasteiger partial charge is 0.308 e. The molecule has 0 atom stereocenters.